The first-order valence-corrected chi connectivity index (χ1v) is 7.93. The molecule has 0 aliphatic heterocycles. The standard InChI is InChI=1S/C18H17FN6O/c1-10(2)21-14(26)8-7-13-22-16(20)15-18(23-13)25(3)17(24-15)11-5-4-6-12(19)9-11/h4-6,9-10H,1-3H3,(H,21,26)(H2,20,22,23). The lowest BCUT2D eigenvalue weighted by Gasteiger charge is -2.02. The molecule has 0 aliphatic carbocycles. The van der Waals surface area contributed by atoms with Gasteiger partial charge >= 0.3 is 0 Å². The van der Waals surface area contributed by atoms with Crippen molar-refractivity contribution in [2.45, 2.75) is 19.9 Å². The summed E-state index contributed by atoms with van der Waals surface area (Å²) < 4.78 is 15.2. The number of imidazole rings is 1. The van der Waals surface area contributed by atoms with Crippen molar-refractivity contribution in [2.24, 2.45) is 7.05 Å². The van der Waals surface area contributed by atoms with Crippen molar-refractivity contribution in [3.05, 3.63) is 35.9 Å². The molecule has 0 spiro atoms. The molecule has 2 aromatic heterocycles. The first-order chi connectivity index (χ1) is 12.3. The van der Waals surface area contributed by atoms with Crippen LogP contribution in [-0.2, 0) is 11.8 Å². The Bertz CT molecular complexity index is 1060. The number of rotatable bonds is 2. The van der Waals surface area contributed by atoms with Crippen molar-refractivity contribution < 1.29 is 9.18 Å². The molecule has 0 aliphatic rings. The Morgan fingerprint density at radius 1 is 1.31 bits per heavy atom. The summed E-state index contributed by atoms with van der Waals surface area (Å²) in [5.74, 6) is 5.00. The molecule has 0 radical (unpaired) electrons. The molecule has 0 unspecified atom stereocenters. The number of hydrogen-bond acceptors (Lipinski definition) is 5. The van der Waals surface area contributed by atoms with Crippen molar-refractivity contribution >= 4 is 22.9 Å². The first kappa shape index (κ1) is 17.4. The zero-order valence-electron chi connectivity index (χ0n) is 14.5. The minimum absolute atomic E-state index is 0.0174. The third kappa shape index (κ3) is 3.47. The van der Waals surface area contributed by atoms with Gasteiger partial charge in [-0.05, 0) is 31.9 Å². The lowest BCUT2D eigenvalue weighted by atomic mass is 10.2. The van der Waals surface area contributed by atoms with Crippen LogP contribution < -0.4 is 11.1 Å². The van der Waals surface area contributed by atoms with Crippen LogP contribution in [0, 0.1) is 17.7 Å². The van der Waals surface area contributed by atoms with Crippen molar-refractivity contribution in [2.75, 3.05) is 5.73 Å². The van der Waals surface area contributed by atoms with E-state index in [-0.39, 0.29) is 23.5 Å². The van der Waals surface area contributed by atoms with E-state index in [1.54, 1.807) is 23.7 Å². The number of fused-ring (bicyclic) bond motifs is 1. The summed E-state index contributed by atoms with van der Waals surface area (Å²) >= 11 is 0. The molecule has 26 heavy (non-hydrogen) atoms. The SMILES string of the molecule is CC(C)NC(=O)C#Cc1nc(N)c2nc(-c3cccc(F)c3)n(C)c2n1. The van der Waals surface area contributed by atoms with E-state index >= 15 is 0 Å². The Balaban J connectivity index is 2.05. The monoisotopic (exact) mass is 352 g/mol. The summed E-state index contributed by atoms with van der Waals surface area (Å²) in [5, 5.41) is 2.65. The molecule has 3 N–H and O–H groups in total. The summed E-state index contributed by atoms with van der Waals surface area (Å²) in [6, 6.07) is 6.06. The maximum Gasteiger partial charge on any atom is 0.296 e. The van der Waals surface area contributed by atoms with E-state index in [9.17, 15) is 9.18 Å². The second-order valence-electron chi connectivity index (χ2n) is 5.99. The van der Waals surface area contributed by atoms with Crippen molar-refractivity contribution in [3.63, 3.8) is 0 Å². The summed E-state index contributed by atoms with van der Waals surface area (Å²) in [7, 11) is 1.74. The molecule has 3 aromatic rings. The highest BCUT2D eigenvalue weighted by atomic mass is 19.1. The number of aromatic nitrogens is 4. The first-order valence-electron chi connectivity index (χ1n) is 7.93. The molecule has 132 valence electrons. The van der Waals surface area contributed by atoms with Crippen molar-refractivity contribution in [1.82, 2.24) is 24.8 Å². The lowest BCUT2D eigenvalue weighted by molar-refractivity contribution is -0.116. The number of carbonyl (C=O) groups excluding carboxylic acids is 1. The maximum atomic E-state index is 13.5. The number of benzene rings is 1. The molecule has 0 fully saturated rings. The van der Waals surface area contributed by atoms with Crippen LogP contribution in [0.5, 0.6) is 0 Å². The van der Waals surface area contributed by atoms with Gasteiger partial charge in [-0.2, -0.15) is 0 Å². The van der Waals surface area contributed by atoms with E-state index in [1.165, 1.54) is 12.1 Å². The Hall–Kier alpha value is -3.47. The van der Waals surface area contributed by atoms with Crippen LogP contribution in [0.4, 0.5) is 10.2 Å². The highest BCUT2D eigenvalue weighted by Gasteiger charge is 2.15. The molecule has 2 heterocycles. The van der Waals surface area contributed by atoms with Crippen LogP contribution in [-0.4, -0.2) is 31.5 Å². The number of nitrogens with one attached hydrogen (secondary N) is 1. The number of carbonyl (C=O) groups is 1. The number of nitrogens with two attached hydrogens (primary N) is 1. The Labute approximate surface area is 149 Å². The van der Waals surface area contributed by atoms with E-state index in [4.69, 9.17) is 5.73 Å². The number of amides is 1. The molecule has 0 saturated heterocycles. The minimum atomic E-state index is -0.423. The molecule has 0 atom stereocenters. The zero-order chi connectivity index (χ0) is 18.8. The van der Waals surface area contributed by atoms with Gasteiger partial charge < -0.3 is 15.6 Å². The van der Waals surface area contributed by atoms with Gasteiger partial charge in [0, 0.05) is 24.6 Å². The van der Waals surface area contributed by atoms with Crippen LogP contribution in [0.2, 0.25) is 0 Å². The molecule has 7 nitrogen and oxygen atoms in total. The van der Waals surface area contributed by atoms with Gasteiger partial charge in [0.15, 0.2) is 17.0 Å². The smallest absolute Gasteiger partial charge is 0.296 e. The van der Waals surface area contributed by atoms with Gasteiger partial charge in [0.2, 0.25) is 5.82 Å². The molecular weight excluding hydrogens is 335 g/mol. The van der Waals surface area contributed by atoms with Crippen molar-refractivity contribution in [1.29, 1.82) is 0 Å². The number of aryl methyl sites for hydroxylation is 1. The van der Waals surface area contributed by atoms with E-state index in [1.807, 2.05) is 13.8 Å². The molecule has 0 bridgehead atoms. The van der Waals surface area contributed by atoms with Crippen LogP contribution in [0.3, 0.4) is 0 Å². The Morgan fingerprint density at radius 2 is 2.08 bits per heavy atom. The highest BCUT2D eigenvalue weighted by Crippen LogP contribution is 2.25. The van der Waals surface area contributed by atoms with Crippen LogP contribution in [0.1, 0.15) is 19.7 Å². The summed E-state index contributed by atoms with van der Waals surface area (Å²) in [4.78, 5) is 24.5. The normalized spacial score (nSPS) is 10.7. The Kier molecular flexibility index (Phi) is 4.54. The number of hydrogen-bond donors (Lipinski definition) is 2. The number of nitrogen functional groups attached to an aromatic ring is 1. The van der Waals surface area contributed by atoms with Gasteiger partial charge in [-0.15, -0.1) is 0 Å². The predicted octanol–water partition coefficient (Wildman–Crippen LogP) is 1.63. The fraction of sp³-hybridized carbons (Fsp3) is 0.222. The van der Waals surface area contributed by atoms with Crippen LogP contribution >= 0.6 is 0 Å². The topological polar surface area (TPSA) is 98.7 Å². The molecule has 0 saturated carbocycles. The molecule has 1 aromatic carbocycles. The van der Waals surface area contributed by atoms with Gasteiger partial charge in [-0.25, -0.2) is 19.3 Å². The maximum absolute atomic E-state index is 13.5. The summed E-state index contributed by atoms with van der Waals surface area (Å²) in [6.45, 7) is 3.67. The second kappa shape index (κ2) is 6.80. The Morgan fingerprint density at radius 3 is 2.77 bits per heavy atom. The lowest BCUT2D eigenvalue weighted by Crippen LogP contribution is -2.28. The van der Waals surface area contributed by atoms with Crippen LogP contribution in [0.25, 0.3) is 22.6 Å². The quantitative estimate of drug-likeness (QED) is 0.683. The van der Waals surface area contributed by atoms with Gasteiger partial charge in [0.05, 0.1) is 0 Å². The van der Waals surface area contributed by atoms with Crippen LogP contribution in [0.15, 0.2) is 24.3 Å². The highest BCUT2D eigenvalue weighted by molar-refractivity contribution is 5.94. The minimum Gasteiger partial charge on any atom is -0.382 e. The van der Waals surface area contributed by atoms with Gasteiger partial charge in [-0.1, -0.05) is 12.1 Å². The average Bonchev–Trinajstić information content (AvgIpc) is 2.90. The third-order valence-electron chi connectivity index (χ3n) is 3.54. The molecule has 8 heteroatoms. The molecule has 1 amide bonds. The summed E-state index contributed by atoms with van der Waals surface area (Å²) in [6.07, 6.45) is 0. The predicted molar refractivity (Wildman–Crippen MR) is 96.3 cm³/mol. The third-order valence-corrected chi connectivity index (χ3v) is 3.54. The molecular formula is C18H17FN6O. The van der Waals surface area contributed by atoms with E-state index in [0.29, 0.717) is 22.6 Å². The fourth-order valence-corrected chi connectivity index (χ4v) is 2.43. The largest absolute Gasteiger partial charge is 0.382 e. The molecule has 3 rings (SSSR count). The van der Waals surface area contributed by atoms with E-state index in [2.05, 4.69) is 32.1 Å². The van der Waals surface area contributed by atoms with E-state index in [0.717, 1.165) is 0 Å². The van der Waals surface area contributed by atoms with Gasteiger partial charge in [0.25, 0.3) is 5.91 Å². The van der Waals surface area contributed by atoms with Gasteiger partial charge in [-0.3, -0.25) is 4.79 Å². The fourth-order valence-electron chi connectivity index (χ4n) is 2.43. The number of nitrogens with zero attached hydrogens (tertiary/aromatic N) is 4. The second-order valence-corrected chi connectivity index (χ2v) is 5.99. The van der Waals surface area contributed by atoms with Gasteiger partial charge in [0.1, 0.15) is 11.6 Å². The average molecular weight is 352 g/mol. The van der Waals surface area contributed by atoms with Crippen molar-refractivity contribution in [3.8, 4) is 23.2 Å². The number of anilines is 1. The zero-order valence-corrected chi connectivity index (χ0v) is 14.5. The number of halogens is 1. The summed E-state index contributed by atoms with van der Waals surface area (Å²) in [5.41, 5.74) is 7.40. The van der Waals surface area contributed by atoms with E-state index < -0.39 is 5.91 Å².